The van der Waals surface area contributed by atoms with Gasteiger partial charge in [-0.1, -0.05) is 35.0 Å². The minimum absolute atomic E-state index is 0.0268. The normalized spacial score (nSPS) is 17.1. The van der Waals surface area contributed by atoms with Crippen LogP contribution in [0.3, 0.4) is 0 Å². The third-order valence-corrected chi connectivity index (χ3v) is 5.43. The number of rotatable bonds is 5. The van der Waals surface area contributed by atoms with Crippen LogP contribution in [0.2, 0.25) is 0 Å². The van der Waals surface area contributed by atoms with Crippen LogP contribution in [0.1, 0.15) is 41.7 Å². The molecule has 1 aromatic carbocycles. The number of amides is 1. The highest BCUT2D eigenvalue weighted by atomic mass is 16.5. The molecular weight excluding hydrogens is 354 g/mol. The number of nitrogens with zero attached hydrogens (tertiary/aromatic N) is 2. The van der Waals surface area contributed by atoms with Crippen molar-refractivity contribution in [1.29, 1.82) is 0 Å². The van der Waals surface area contributed by atoms with E-state index in [1.807, 2.05) is 36.1 Å². The molecular formula is C22H25N3O3. The van der Waals surface area contributed by atoms with Crippen molar-refractivity contribution in [1.82, 2.24) is 15.0 Å². The Morgan fingerprint density at radius 2 is 2.21 bits per heavy atom. The van der Waals surface area contributed by atoms with E-state index in [0.717, 1.165) is 48.1 Å². The molecule has 1 fully saturated rings. The van der Waals surface area contributed by atoms with Crippen LogP contribution in [0.5, 0.6) is 0 Å². The van der Waals surface area contributed by atoms with E-state index in [1.54, 1.807) is 12.4 Å². The molecule has 0 radical (unpaired) electrons. The van der Waals surface area contributed by atoms with Crippen molar-refractivity contribution in [3.63, 3.8) is 0 Å². The number of piperidine rings is 1. The summed E-state index contributed by atoms with van der Waals surface area (Å²) in [5.74, 6) is 0.618. The van der Waals surface area contributed by atoms with Gasteiger partial charge in [0.25, 0.3) is 5.91 Å². The van der Waals surface area contributed by atoms with Crippen molar-refractivity contribution < 1.29 is 14.4 Å². The summed E-state index contributed by atoms with van der Waals surface area (Å²) in [6.45, 7) is 2.88. The Bertz CT molecular complexity index is 957. The predicted molar refractivity (Wildman–Crippen MR) is 107 cm³/mol. The van der Waals surface area contributed by atoms with E-state index in [4.69, 9.17) is 4.52 Å². The maximum Gasteiger partial charge on any atom is 0.270 e. The average molecular weight is 379 g/mol. The Hall–Kier alpha value is -2.86. The third kappa shape index (κ3) is 3.60. The summed E-state index contributed by atoms with van der Waals surface area (Å²) in [7, 11) is 0. The Morgan fingerprint density at radius 3 is 3.04 bits per heavy atom. The van der Waals surface area contributed by atoms with E-state index < -0.39 is 0 Å². The summed E-state index contributed by atoms with van der Waals surface area (Å²) in [4.78, 5) is 18.0. The number of nitrogens with one attached hydrogen (secondary N) is 1. The van der Waals surface area contributed by atoms with Crippen LogP contribution in [0.25, 0.3) is 22.5 Å². The Balaban J connectivity index is 1.60. The fourth-order valence-electron chi connectivity index (χ4n) is 3.99. The van der Waals surface area contributed by atoms with Gasteiger partial charge in [0.15, 0.2) is 5.76 Å². The molecule has 146 valence electrons. The Morgan fingerprint density at radius 1 is 1.32 bits per heavy atom. The second-order valence-electron chi connectivity index (χ2n) is 7.40. The molecule has 4 rings (SSSR count). The van der Waals surface area contributed by atoms with Crippen LogP contribution < -0.4 is 0 Å². The Kier molecular flexibility index (Phi) is 5.30. The first-order valence-corrected chi connectivity index (χ1v) is 9.79. The number of aromatic nitrogens is 2. The van der Waals surface area contributed by atoms with Gasteiger partial charge in [0.1, 0.15) is 5.69 Å². The fraction of sp³-hybridized carbons (Fsp3) is 0.364. The zero-order valence-corrected chi connectivity index (χ0v) is 16.0. The molecule has 3 aromatic rings. The SMILES string of the molecule is Cc1cccc(-c2cnoc2-c2c[nH]c(C(=O)N3CCCCC3CCO)c2)c1. The van der Waals surface area contributed by atoms with E-state index in [1.165, 1.54) is 0 Å². The number of H-pyrrole nitrogens is 1. The van der Waals surface area contributed by atoms with Crippen molar-refractivity contribution in [2.45, 2.75) is 38.6 Å². The maximum atomic E-state index is 13.0. The number of aliphatic hydroxyl groups excluding tert-OH is 1. The van der Waals surface area contributed by atoms with Crippen LogP contribution in [-0.4, -0.2) is 45.2 Å². The van der Waals surface area contributed by atoms with Gasteiger partial charge in [-0.2, -0.15) is 0 Å². The number of aliphatic hydroxyl groups is 1. The lowest BCUT2D eigenvalue weighted by atomic mass is 9.99. The maximum absolute atomic E-state index is 13.0. The third-order valence-electron chi connectivity index (χ3n) is 5.43. The highest BCUT2D eigenvalue weighted by molar-refractivity contribution is 5.94. The minimum atomic E-state index is -0.0268. The van der Waals surface area contributed by atoms with Crippen LogP contribution in [0, 0.1) is 6.92 Å². The first kappa shape index (κ1) is 18.5. The fourth-order valence-corrected chi connectivity index (χ4v) is 3.99. The van der Waals surface area contributed by atoms with Gasteiger partial charge >= 0.3 is 0 Å². The predicted octanol–water partition coefficient (Wildman–Crippen LogP) is 4.02. The molecule has 2 aromatic heterocycles. The lowest BCUT2D eigenvalue weighted by Gasteiger charge is -2.35. The molecule has 1 atom stereocenters. The molecule has 2 N–H and O–H groups in total. The molecule has 0 bridgehead atoms. The van der Waals surface area contributed by atoms with Gasteiger partial charge in [0.2, 0.25) is 0 Å². The summed E-state index contributed by atoms with van der Waals surface area (Å²) in [6.07, 6.45) is 7.17. The summed E-state index contributed by atoms with van der Waals surface area (Å²) < 4.78 is 5.52. The molecule has 3 heterocycles. The van der Waals surface area contributed by atoms with Crippen molar-refractivity contribution in [3.8, 4) is 22.5 Å². The number of carbonyl (C=O) groups is 1. The number of likely N-dealkylation sites (tertiary alicyclic amines) is 1. The highest BCUT2D eigenvalue weighted by Crippen LogP contribution is 2.33. The van der Waals surface area contributed by atoms with Gasteiger partial charge in [-0.15, -0.1) is 0 Å². The van der Waals surface area contributed by atoms with E-state index >= 15 is 0 Å². The smallest absolute Gasteiger partial charge is 0.270 e. The lowest BCUT2D eigenvalue weighted by Crippen LogP contribution is -2.44. The standard InChI is InChI=1S/C22H25N3O3/c1-15-5-4-6-16(11-15)19-14-24-28-21(19)17-12-20(23-13-17)22(27)25-9-3-2-7-18(25)8-10-26/h4-6,11-14,18,23,26H,2-3,7-10H2,1H3. The van der Waals surface area contributed by atoms with Gasteiger partial charge in [-0.25, -0.2) is 0 Å². The lowest BCUT2D eigenvalue weighted by molar-refractivity contribution is 0.0569. The number of hydrogen-bond acceptors (Lipinski definition) is 4. The van der Waals surface area contributed by atoms with Gasteiger partial charge in [-0.05, 0) is 44.2 Å². The summed E-state index contributed by atoms with van der Waals surface area (Å²) >= 11 is 0. The Labute approximate surface area is 164 Å². The molecule has 6 heteroatoms. The average Bonchev–Trinajstić information content (AvgIpc) is 3.37. The first-order valence-electron chi connectivity index (χ1n) is 9.79. The molecule has 1 amide bonds. The van der Waals surface area contributed by atoms with E-state index in [-0.39, 0.29) is 18.6 Å². The first-order chi connectivity index (χ1) is 13.7. The van der Waals surface area contributed by atoms with Crippen LogP contribution in [0.15, 0.2) is 47.2 Å². The quantitative estimate of drug-likeness (QED) is 0.701. The van der Waals surface area contributed by atoms with Crippen LogP contribution >= 0.6 is 0 Å². The van der Waals surface area contributed by atoms with Crippen LogP contribution in [0.4, 0.5) is 0 Å². The zero-order chi connectivity index (χ0) is 19.5. The summed E-state index contributed by atoms with van der Waals surface area (Å²) in [5.41, 5.74) is 4.43. The van der Waals surface area contributed by atoms with E-state index in [0.29, 0.717) is 17.9 Å². The second-order valence-corrected chi connectivity index (χ2v) is 7.40. The molecule has 1 aliphatic rings. The van der Waals surface area contributed by atoms with E-state index in [9.17, 15) is 9.90 Å². The highest BCUT2D eigenvalue weighted by Gasteiger charge is 2.28. The largest absolute Gasteiger partial charge is 0.396 e. The number of aromatic amines is 1. The molecule has 6 nitrogen and oxygen atoms in total. The van der Waals surface area contributed by atoms with Crippen molar-refractivity contribution >= 4 is 5.91 Å². The van der Waals surface area contributed by atoms with Gasteiger partial charge < -0.3 is 19.5 Å². The molecule has 1 aliphatic heterocycles. The molecule has 1 saturated heterocycles. The molecule has 28 heavy (non-hydrogen) atoms. The summed E-state index contributed by atoms with van der Waals surface area (Å²) in [5, 5.41) is 13.3. The van der Waals surface area contributed by atoms with Crippen LogP contribution in [-0.2, 0) is 0 Å². The number of aryl methyl sites for hydroxylation is 1. The topological polar surface area (TPSA) is 82.4 Å². The monoisotopic (exact) mass is 379 g/mol. The van der Waals surface area contributed by atoms with Crippen molar-refractivity contribution in [2.75, 3.05) is 13.2 Å². The van der Waals surface area contributed by atoms with Gasteiger partial charge in [0.05, 0.1) is 6.20 Å². The minimum Gasteiger partial charge on any atom is -0.396 e. The van der Waals surface area contributed by atoms with Crippen molar-refractivity contribution in [2.24, 2.45) is 0 Å². The molecule has 0 saturated carbocycles. The number of carbonyl (C=O) groups excluding carboxylic acids is 1. The van der Waals surface area contributed by atoms with Crippen molar-refractivity contribution in [3.05, 3.63) is 54.0 Å². The molecule has 1 unspecified atom stereocenters. The molecule has 0 spiro atoms. The van der Waals surface area contributed by atoms with Gasteiger partial charge in [-0.3, -0.25) is 4.79 Å². The molecule has 0 aliphatic carbocycles. The van der Waals surface area contributed by atoms with E-state index in [2.05, 4.69) is 16.2 Å². The summed E-state index contributed by atoms with van der Waals surface area (Å²) in [6, 6.07) is 10.1. The number of hydrogen-bond donors (Lipinski definition) is 2. The zero-order valence-electron chi connectivity index (χ0n) is 16.0. The van der Waals surface area contributed by atoms with Gasteiger partial charge in [0, 0.05) is 36.5 Å². The second kappa shape index (κ2) is 8.02. The number of benzene rings is 1.